The van der Waals surface area contributed by atoms with Gasteiger partial charge in [0.05, 0.1) is 23.0 Å². The molecule has 3 heterocycles. The van der Waals surface area contributed by atoms with Crippen LogP contribution in [0.2, 0.25) is 0 Å². The lowest BCUT2D eigenvalue weighted by molar-refractivity contribution is 0.102. The molecule has 5 aromatic rings. The molecule has 0 saturated heterocycles. The molecule has 3 N–H and O–H groups in total. The van der Waals surface area contributed by atoms with Crippen LogP contribution in [0.3, 0.4) is 0 Å². The number of hydrogen-bond donors (Lipinski definition) is 3. The molecule has 0 fully saturated rings. The van der Waals surface area contributed by atoms with Gasteiger partial charge in [0.15, 0.2) is 11.4 Å². The Kier molecular flexibility index (Phi) is 6.58. The van der Waals surface area contributed by atoms with Crippen molar-refractivity contribution >= 4 is 34.1 Å². The Balaban J connectivity index is 1.52. The van der Waals surface area contributed by atoms with E-state index in [9.17, 15) is 9.90 Å². The second-order valence-electron chi connectivity index (χ2n) is 8.61. The number of rotatable bonds is 7. The number of carbonyl (C=O) groups excluding carboxylic acids is 1. The lowest BCUT2D eigenvalue weighted by Crippen LogP contribution is -2.12. The standard InChI is InChI=1S/C28H24N6O3/c1-17(2)23-11-10-22-26(33-23)30-16-31-27(22)34-24-14-18(28(36)32-19-4-3-13-29-15-19)5-12-25(24)37-21-8-6-20(35)7-9-21/h3-17,35H,1-2H3,(H,32,36)(H,30,31,33,34). The van der Waals surface area contributed by atoms with Gasteiger partial charge < -0.3 is 20.5 Å². The van der Waals surface area contributed by atoms with Crippen molar-refractivity contribution in [3.05, 3.63) is 96.7 Å². The summed E-state index contributed by atoms with van der Waals surface area (Å²) >= 11 is 0. The topological polar surface area (TPSA) is 122 Å². The molecule has 0 spiro atoms. The number of nitrogens with one attached hydrogen (secondary N) is 2. The van der Waals surface area contributed by atoms with Crippen molar-refractivity contribution in [1.82, 2.24) is 19.9 Å². The second kappa shape index (κ2) is 10.3. The van der Waals surface area contributed by atoms with Crippen LogP contribution in [0.5, 0.6) is 17.2 Å². The summed E-state index contributed by atoms with van der Waals surface area (Å²) in [7, 11) is 0. The highest BCUT2D eigenvalue weighted by Gasteiger charge is 2.15. The molecule has 0 atom stereocenters. The van der Waals surface area contributed by atoms with Gasteiger partial charge in [-0.15, -0.1) is 0 Å². The summed E-state index contributed by atoms with van der Waals surface area (Å²) in [6.45, 7) is 4.15. The number of fused-ring (bicyclic) bond motifs is 1. The second-order valence-corrected chi connectivity index (χ2v) is 8.61. The van der Waals surface area contributed by atoms with E-state index >= 15 is 0 Å². The van der Waals surface area contributed by atoms with E-state index in [1.165, 1.54) is 18.5 Å². The van der Waals surface area contributed by atoms with Crippen molar-refractivity contribution in [2.24, 2.45) is 0 Å². The minimum absolute atomic E-state index is 0.133. The van der Waals surface area contributed by atoms with Crippen molar-refractivity contribution in [3.8, 4) is 17.2 Å². The van der Waals surface area contributed by atoms with E-state index in [1.54, 1.807) is 54.9 Å². The molecule has 5 rings (SSSR count). The maximum Gasteiger partial charge on any atom is 0.255 e. The maximum atomic E-state index is 13.0. The first-order valence-electron chi connectivity index (χ1n) is 11.7. The predicted octanol–water partition coefficient (Wildman–Crippen LogP) is 6.04. The van der Waals surface area contributed by atoms with Crippen LogP contribution in [0.25, 0.3) is 11.0 Å². The van der Waals surface area contributed by atoms with Crippen molar-refractivity contribution in [1.29, 1.82) is 0 Å². The molecule has 0 aliphatic carbocycles. The Hall–Kier alpha value is -5.05. The molecule has 1 amide bonds. The molecule has 9 nitrogen and oxygen atoms in total. The summed E-state index contributed by atoms with van der Waals surface area (Å²) in [6.07, 6.45) is 4.66. The number of phenols is 1. The third-order valence-corrected chi connectivity index (χ3v) is 5.59. The highest BCUT2D eigenvalue weighted by atomic mass is 16.5. The number of pyridine rings is 2. The molecule has 3 aromatic heterocycles. The summed E-state index contributed by atoms with van der Waals surface area (Å²) in [6, 6.07) is 18.8. The highest BCUT2D eigenvalue weighted by molar-refractivity contribution is 6.05. The van der Waals surface area contributed by atoms with Crippen molar-refractivity contribution in [3.63, 3.8) is 0 Å². The lowest BCUT2D eigenvalue weighted by Gasteiger charge is -2.15. The first-order valence-corrected chi connectivity index (χ1v) is 11.7. The number of hydrogen-bond acceptors (Lipinski definition) is 8. The number of nitrogens with zero attached hydrogens (tertiary/aromatic N) is 4. The SMILES string of the molecule is CC(C)c1ccc2c(Nc3cc(C(=O)Nc4cccnc4)ccc3Oc3ccc(O)cc3)ncnc2n1. The van der Waals surface area contributed by atoms with E-state index in [-0.39, 0.29) is 17.6 Å². The summed E-state index contributed by atoms with van der Waals surface area (Å²) in [5, 5.41) is 16.5. The number of anilines is 3. The monoisotopic (exact) mass is 492 g/mol. The van der Waals surface area contributed by atoms with Gasteiger partial charge in [-0.05, 0) is 72.6 Å². The normalized spacial score (nSPS) is 10.9. The Morgan fingerprint density at radius 3 is 2.59 bits per heavy atom. The zero-order valence-corrected chi connectivity index (χ0v) is 20.2. The quantitative estimate of drug-likeness (QED) is 0.251. The van der Waals surface area contributed by atoms with E-state index in [2.05, 4.69) is 44.4 Å². The zero-order valence-electron chi connectivity index (χ0n) is 20.2. The van der Waals surface area contributed by atoms with Crippen LogP contribution in [0.15, 0.2) is 85.5 Å². The van der Waals surface area contributed by atoms with Gasteiger partial charge in [-0.25, -0.2) is 15.0 Å². The molecule has 0 radical (unpaired) electrons. The van der Waals surface area contributed by atoms with E-state index in [1.807, 2.05) is 12.1 Å². The molecule has 0 aliphatic rings. The first-order chi connectivity index (χ1) is 18.0. The predicted molar refractivity (Wildman–Crippen MR) is 142 cm³/mol. The van der Waals surface area contributed by atoms with Gasteiger partial charge in [0, 0.05) is 17.5 Å². The fourth-order valence-corrected chi connectivity index (χ4v) is 3.64. The smallest absolute Gasteiger partial charge is 0.255 e. The van der Waals surface area contributed by atoms with Gasteiger partial charge in [0.25, 0.3) is 5.91 Å². The number of benzene rings is 2. The number of ether oxygens (including phenoxy) is 1. The van der Waals surface area contributed by atoms with E-state index in [0.29, 0.717) is 39.9 Å². The van der Waals surface area contributed by atoms with Gasteiger partial charge in [-0.2, -0.15) is 0 Å². The number of carbonyl (C=O) groups is 1. The lowest BCUT2D eigenvalue weighted by atomic mass is 10.1. The maximum absolute atomic E-state index is 13.0. The van der Waals surface area contributed by atoms with Crippen LogP contribution in [-0.4, -0.2) is 30.9 Å². The average Bonchev–Trinajstić information content (AvgIpc) is 2.91. The summed E-state index contributed by atoms with van der Waals surface area (Å²) in [5.74, 6) is 1.59. The minimum Gasteiger partial charge on any atom is -0.508 e. The Labute approximate surface area is 213 Å². The van der Waals surface area contributed by atoms with Crippen molar-refractivity contribution in [2.75, 3.05) is 10.6 Å². The number of amides is 1. The summed E-state index contributed by atoms with van der Waals surface area (Å²) in [5.41, 5.74) is 3.00. The molecule has 37 heavy (non-hydrogen) atoms. The van der Waals surface area contributed by atoms with Crippen LogP contribution in [0.1, 0.15) is 35.8 Å². The van der Waals surface area contributed by atoms with E-state index in [4.69, 9.17) is 4.74 Å². The van der Waals surface area contributed by atoms with Crippen LogP contribution < -0.4 is 15.4 Å². The Morgan fingerprint density at radius 1 is 1.00 bits per heavy atom. The Morgan fingerprint density at radius 2 is 1.84 bits per heavy atom. The van der Waals surface area contributed by atoms with Gasteiger partial charge in [-0.1, -0.05) is 13.8 Å². The van der Waals surface area contributed by atoms with Gasteiger partial charge in [0.1, 0.15) is 23.6 Å². The molecule has 0 aliphatic heterocycles. The molecular weight excluding hydrogens is 468 g/mol. The van der Waals surface area contributed by atoms with Crippen molar-refractivity contribution < 1.29 is 14.6 Å². The molecule has 0 unspecified atom stereocenters. The molecule has 184 valence electrons. The zero-order chi connectivity index (χ0) is 25.8. The third kappa shape index (κ3) is 5.46. The molecular formula is C28H24N6O3. The van der Waals surface area contributed by atoms with Crippen LogP contribution >= 0.6 is 0 Å². The Bertz CT molecular complexity index is 1560. The van der Waals surface area contributed by atoms with Gasteiger partial charge in [-0.3, -0.25) is 9.78 Å². The number of aromatic nitrogens is 4. The van der Waals surface area contributed by atoms with Gasteiger partial charge >= 0.3 is 0 Å². The van der Waals surface area contributed by atoms with Crippen LogP contribution in [-0.2, 0) is 0 Å². The largest absolute Gasteiger partial charge is 0.508 e. The number of phenolic OH excluding ortho intramolecular Hbond substituents is 1. The van der Waals surface area contributed by atoms with Crippen molar-refractivity contribution in [2.45, 2.75) is 19.8 Å². The molecule has 2 aromatic carbocycles. The summed E-state index contributed by atoms with van der Waals surface area (Å²) in [4.78, 5) is 30.4. The minimum atomic E-state index is -0.303. The molecule has 0 saturated carbocycles. The third-order valence-electron chi connectivity index (χ3n) is 5.59. The first kappa shape index (κ1) is 23.7. The fourth-order valence-electron chi connectivity index (χ4n) is 3.64. The molecule has 9 heteroatoms. The highest BCUT2D eigenvalue weighted by Crippen LogP contribution is 2.34. The molecule has 0 bridgehead atoms. The summed E-state index contributed by atoms with van der Waals surface area (Å²) < 4.78 is 6.08. The van der Waals surface area contributed by atoms with Crippen LogP contribution in [0, 0.1) is 0 Å². The van der Waals surface area contributed by atoms with Crippen LogP contribution in [0.4, 0.5) is 17.2 Å². The van der Waals surface area contributed by atoms with E-state index < -0.39 is 0 Å². The average molecular weight is 493 g/mol. The van der Waals surface area contributed by atoms with E-state index in [0.717, 1.165) is 11.1 Å². The van der Waals surface area contributed by atoms with Gasteiger partial charge in [0.2, 0.25) is 0 Å². The fraction of sp³-hybridized carbons (Fsp3) is 0.107. The number of aromatic hydroxyl groups is 1.